The molecule has 238 valence electrons. The fraction of sp³-hybridized carbons (Fsp3) is 0.455. The summed E-state index contributed by atoms with van der Waals surface area (Å²) >= 11 is 0. The Hall–Kier alpha value is -4.19. The molecule has 2 aromatic heterocycles. The molecule has 0 aliphatic heterocycles. The summed E-state index contributed by atoms with van der Waals surface area (Å²) in [5, 5.41) is 10.3. The maximum absolute atomic E-state index is 13.5. The minimum absolute atomic E-state index is 0.0419. The summed E-state index contributed by atoms with van der Waals surface area (Å²) in [5.41, 5.74) is 0.547. The van der Waals surface area contributed by atoms with Crippen molar-refractivity contribution in [3.63, 3.8) is 0 Å². The van der Waals surface area contributed by atoms with Crippen molar-refractivity contribution in [1.82, 2.24) is 15.2 Å². The highest BCUT2D eigenvalue weighted by Gasteiger charge is 2.54. The Kier molecular flexibility index (Phi) is 8.43. The van der Waals surface area contributed by atoms with Crippen molar-refractivity contribution in [2.45, 2.75) is 64.1 Å². The Morgan fingerprint density at radius 1 is 1.07 bits per heavy atom. The molecule has 2 heterocycles. The molecule has 3 N–H and O–H groups in total. The normalized spacial score (nSPS) is 24.3. The molecule has 0 radical (unpaired) electrons. The molecule has 1 aromatic carbocycles. The Balaban J connectivity index is 1.15. The molecule has 6 atom stereocenters. The number of allylic oxidation sites excluding steroid dienone is 1. The van der Waals surface area contributed by atoms with Crippen LogP contribution in [0.15, 0.2) is 63.3 Å². The summed E-state index contributed by atoms with van der Waals surface area (Å²) in [6, 6.07) is 9.23. The standard InChI is InChI=1S/C33H38N4O7S/c1-19-23-8-3-4-11-27(23)44-30(19)32(40)34-25(9-5-6-13-45(2,42)43)31(39)35-26-10-7-12-37(33(26)41)18-28(38)36-29-22-15-20-14-21(17-22)24(29)16-20/h3-4,6-8,10-13,20-22,24-25,29H,5,9,14-18H2,1-2H3,(H,34,40)(H,35,39)(H,36,38)/b13-6+/t20?,21?,22?,24?,25-,29-/m0/s1. The Bertz CT molecular complexity index is 1840. The van der Waals surface area contributed by atoms with E-state index in [9.17, 15) is 27.6 Å². The highest BCUT2D eigenvalue weighted by atomic mass is 32.2. The van der Waals surface area contributed by atoms with Crippen LogP contribution in [-0.4, -0.2) is 49.0 Å². The molecular formula is C33H38N4O7S. The molecule has 4 aliphatic rings. The number of para-hydroxylation sites is 1. The fourth-order valence-corrected chi connectivity index (χ4v) is 8.20. The van der Waals surface area contributed by atoms with Gasteiger partial charge in [0.05, 0.1) is 0 Å². The van der Waals surface area contributed by atoms with Gasteiger partial charge in [-0.1, -0.05) is 24.3 Å². The zero-order chi connectivity index (χ0) is 31.9. The maximum atomic E-state index is 13.5. The van der Waals surface area contributed by atoms with E-state index < -0.39 is 33.3 Å². The first-order valence-corrected chi connectivity index (χ1v) is 17.4. The van der Waals surface area contributed by atoms with Gasteiger partial charge in [0.25, 0.3) is 11.5 Å². The van der Waals surface area contributed by atoms with E-state index in [0.717, 1.165) is 29.4 Å². The number of rotatable bonds is 11. The van der Waals surface area contributed by atoms with Crippen LogP contribution in [0.1, 0.15) is 54.6 Å². The van der Waals surface area contributed by atoms with Crippen LogP contribution in [0.3, 0.4) is 0 Å². The third-order valence-corrected chi connectivity index (χ3v) is 10.3. The van der Waals surface area contributed by atoms with Gasteiger partial charge in [0.15, 0.2) is 15.6 Å². The third kappa shape index (κ3) is 6.61. The molecule has 12 heteroatoms. The molecule has 4 aliphatic carbocycles. The minimum atomic E-state index is -3.37. The minimum Gasteiger partial charge on any atom is -0.451 e. The molecule has 0 saturated heterocycles. The predicted molar refractivity (Wildman–Crippen MR) is 169 cm³/mol. The number of aromatic nitrogens is 1. The number of aryl methyl sites for hydroxylation is 1. The number of furan rings is 1. The van der Waals surface area contributed by atoms with Gasteiger partial charge in [0.2, 0.25) is 11.8 Å². The zero-order valence-corrected chi connectivity index (χ0v) is 26.1. The van der Waals surface area contributed by atoms with Gasteiger partial charge < -0.3 is 24.9 Å². The number of benzene rings is 1. The van der Waals surface area contributed by atoms with Gasteiger partial charge in [-0.15, -0.1) is 0 Å². The van der Waals surface area contributed by atoms with E-state index >= 15 is 0 Å². The molecule has 4 unspecified atom stereocenters. The molecule has 4 bridgehead atoms. The number of carbonyl (C=O) groups excluding carboxylic acids is 3. The second-order valence-corrected chi connectivity index (χ2v) is 14.7. The van der Waals surface area contributed by atoms with Gasteiger partial charge in [-0.25, -0.2) is 8.42 Å². The van der Waals surface area contributed by atoms with Crippen LogP contribution in [0.4, 0.5) is 5.69 Å². The van der Waals surface area contributed by atoms with Crippen molar-refractivity contribution in [3.8, 4) is 0 Å². The third-order valence-electron chi connectivity index (χ3n) is 9.61. The number of carbonyl (C=O) groups is 3. The van der Waals surface area contributed by atoms with Crippen LogP contribution in [0.25, 0.3) is 11.0 Å². The summed E-state index contributed by atoms with van der Waals surface area (Å²) in [6.45, 7) is 1.57. The number of pyridine rings is 1. The SMILES string of the molecule is Cc1c(C(=O)N[C@@H](CC/C=C/S(C)(=O)=O)C(=O)Nc2cccn(CC(=O)N[C@H]3C4CC5CC(C4)C3C5)c2=O)oc2ccccc12. The lowest BCUT2D eigenvalue weighted by atomic mass is 9.79. The van der Waals surface area contributed by atoms with E-state index in [4.69, 9.17) is 4.42 Å². The average molecular weight is 635 g/mol. The quantitative estimate of drug-likeness (QED) is 0.291. The van der Waals surface area contributed by atoms with Gasteiger partial charge in [-0.3, -0.25) is 19.2 Å². The number of nitrogens with one attached hydrogen (secondary N) is 3. The summed E-state index contributed by atoms with van der Waals surface area (Å²) in [4.78, 5) is 53.0. The topological polar surface area (TPSA) is 157 Å². The molecule has 3 amide bonds. The summed E-state index contributed by atoms with van der Waals surface area (Å²) in [6.07, 6.45) is 8.96. The van der Waals surface area contributed by atoms with E-state index in [1.165, 1.54) is 42.2 Å². The van der Waals surface area contributed by atoms with Crippen molar-refractivity contribution in [2.24, 2.45) is 23.7 Å². The number of hydrogen-bond acceptors (Lipinski definition) is 7. The first-order chi connectivity index (χ1) is 21.5. The van der Waals surface area contributed by atoms with Gasteiger partial charge in [0, 0.05) is 34.9 Å². The van der Waals surface area contributed by atoms with Crippen molar-refractivity contribution in [3.05, 3.63) is 75.8 Å². The number of anilines is 1. The van der Waals surface area contributed by atoms with Crippen LogP contribution in [0.5, 0.6) is 0 Å². The number of nitrogens with zero attached hydrogens (tertiary/aromatic N) is 1. The number of amides is 3. The monoisotopic (exact) mass is 634 g/mol. The molecule has 4 fully saturated rings. The van der Waals surface area contributed by atoms with Crippen LogP contribution in [-0.2, 0) is 26.0 Å². The highest BCUT2D eigenvalue weighted by Crippen LogP contribution is 2.58. The van der Waals surface area contributed by atoms with E-state index in [2.05, 4.69) is 16.0 Å². The van der Waals surface area contributed by atoms with E-state index in [1.807, 2.05) is 12.1 Å². The second kappa shape index (κ2) is 12.3. The Morgan fingerprint density at radius 2 is 1.84 bits per heavy atom. The van der Waals surface area contributed by atoms with E-state index in [0.29, 0.717) is 28.9 Å². The summed E-state index contributed by atoms with van der Waals surface area (Å²) in [5.74, 6) is 1.08. The summed E-state index contributed by atoms with van der Waals surface area (Å²) < 4.78 is 30.1. The molecule has 4 saturated carbocycles. The van der Waals surface area contributed by atoms with Crippen molar-refractivity contribution < 1.29 is 27.2 Å². The van der Waals surface area contributed by atoms with Crippen LogP contribution >= 0.6 is 0 Å². The maximum Gasteiger partial charge on any atom is 0.287 e. The second-order valence-electron chi connectivity index (χ2n) is 12.8. The Labute approximate surface area is 261 Å². The molecule has 7 rings (SSSR count). The van der Waals surface area contributed by atoms with Crippen LogP contribution < -0.4 is 21.5 Å². The predicted octanol–water partition coefficient (Wildman–Crippen LogP) is 3.53. The van der Waals surface area contributed by atoms with E-state index in [-0.39, 0.29) is 42.8 Å². The lowest BCUT2D eigenvalue weighted by Crippen LogP contribution is -2.46. The zero-order valence-electron chi connectivity index (χ0n) is 25.3. The first kappa shape index (κ1) is 30.8. The van der Waals surface area contributed by atoms with Gasteiger partial charge in [0.1, 0.15) is 23.9 Å². The van der Waals surface area contributed by atoms with Crippen molar-refractivity contribution in [1.29, 1.82) is 0 Å². The Morgan fingerprint density at radius 3 is 2.60 bits per heavy atom. The van der Waals surface area contributed by atoms with Gasteiger partial charge >= 0.3 is 0 Å². The average Bonchev–Trinajstić information content (AvgIpc) is 3.56. The van der Waals surface area contributed by atoms with E-state index in [1.54, 1.807) is 25.1 Å². The fourth-order valence-electron chi connectivity index (χ4n) is 7.71. The lowest BCUT2D eigenvalue weighted by Gasteiger charge is -2.32. The number of sulfone groups is 1. The number of fused-ring (bicyclic) bond motifs is 1. The largest absolute Gasteiger partial charge is 0.451 e. The summed E-state index contributed by atoms with van der Waals surface area (Å²) in [7, 11) is -3.37. The molecule has 0 spiro atoms. The first-order valence-electron chi connectivity index (χ1n) is 15.4. The molecule has 45 heavy (non-hydrogen) atoms. The van der Waals surface area contributed by atoms with Crippen molar-refractivity contribution >= 4 is 44.2 Å². The van der Waals surface area contributed by atoms with Crippen molar-refractivity contribution in [2.75, 3.05) is 11.6 Å². The highest BCUT2D eigenvalue weighted by molar-refractivity contribution is 7.93. The number of hydrogen-bond donors (Lipinski definition) is 3. The molecule has 3 aromatic rings. The molecule has 11 nitrogen and oxygen atoms in total. The smallest absolute Gasteiger partial charge is 0.287 e. The lowest BCUT2D eigenvalue weighted by molar-refractivity contribution is -0.123. The van der Waals surface area contributed by atoms with Crippen LogP contribution in [0, 0.1) is 30.6 Å². The molecular weight excluding hydrogens is 596 g/mol. The van der Waals surface area contributed by atoms with Gasteiger partial charge in [-0.2, -0.15) is 0 Å². The van der Waals surface area contributed by atoms with Crippen LogP contribution in [0.2, 0.25) is 0 Å². The van der Waals surface area contributed by atoms with Gasteiger partial charge in [-0.05, 0) is 87.3 Å².